The Kier molecular flexibility index (Phi) is 2.17. The molecule has 1 heterocycles. The predicted octanol–water partition coefficient (Wildman–Crippen LogP) is 2.13. The second-order valence-electron chi connectivity index (χ2n) is 2.87. The van der Waals surface area contributed by atoms with E-state index in [4.69, 9.17) is 5.73 Å². The molecule has 0 unspecified atom stereocenters. The van der Waals surface area contributed by atoms with Gasteiger partial charge in [0, 0.05) is 16.1 Å². The smallest absolute Gasteiger partial charge is 0.145 e. The van der Waals surface area contributed by atoms with E-state index < -0.39 is 0 Å². The van der Waals surface area contributed by atoms with Gasteiger partial charge < -0.3 is 10.8 Å². The van der Waals surface area contributed by atoms with Gasteiger partial charge in [0.15, 0.2) is 0 Å². The second kappa shape index (κ2) is 3.34. The molecule has 0 bridgehead atoms. The summed E-state index contributed by atoms with van der Waals surface area (Å²) < 4.78 is 0.793. The molecule has 14 heavy (non-hydrogen) atoms. The van der Waals surface area contributed by atoms with Crippen LogP contribution in [-0.2, 0) is 0 Å². The first-order valence-electron chi connectivity index (χ1n) is 3.96. The molecule has 1 aromatic heterocycles. The van der Waals surface area contributed by atoms with Crippen LogP contribution in [-0.4, -0.2) is 15.3 Å². The zero-order valence-corrected chi connectivity index (χ0v) is 8.75. The number of aromatic amines is 1. The highest BCUT2D eigenvalue weighted by Gasteiger charge is 2.06. The third-order valence-corrected chi connectivity index (χ3v) is 2.50. The topological polar surface area (TPSA) is 74.9 Å². The number of H-pyrrole nitrogens is 1. The second-order valence-corrected chi connectivity index (χ2v) is 3.72. The van der Waals surface area contributed by atoms with E-state index in [0.29, 0.717) is 5.82 Å². The third kappa shape index (κ3) is 1.58. The standard InChI is InChI=1S/C9H8BrN3O/c10-7-3-5(14)1-2-6(7)8-4-9(11)13-12-8/h1-4,14H,(H3,11,12,13). The van der Waals surface area contributed by atoms with Crippen LogP contribution in [0.5, 0.6) is 5.75 Å². The molecule has 0 spiro atoms. The van der Waals surface area contributed by atoms with Crippen molar-refractivity contribution < 1.29 is 5.11 Å². The lowest BCUT2D eigenvalue weighted by Crippen LogP contribution is -1.81. The Balaban J connectivity index is 2.52. The average molecular weight is 254 g/mol. The van der Waals surface area contributed by atoms with Crippen molar-refractivity contribution in [3.8, 4) is 17.0 Å². The first-order valence-corrected chi connectivity index (χ1v) is 4.76. The fourth-order valence-electron chi connectivity index (χ4n) is 1.20. The number of nitrogens with zero attached hydrogens (tertiary/aromatic N) is 1. The molecule has 0 radical (unpaired) electrons. The van der Waals surface area contributed by atoms with Crippen molar-refractivity contribution in [2.75, 3.05) is 5.73 Å². The highest BCUT2D eigenvalue weighted by Crippen LogP contribution is 2.30. The number of rotatable bonds is 1. The Bertz CT molecular complexity index is 467. The molecule has 0 aliphatic heterocycles. The lowest BCUT2D eigenvalue weighted by molar-refractivity contribution is 0.475. The van der Waals surface area contributed by atoms with Gasteiger partial charge in [-0.2, -0.15) is 5.10 Å². The van der Waals surface area contributed by atoms with Gasteiger partial charge >= 0.3 is 0 Å². The molecule has 0 saturated carbocycles. The number of anilines is 1. The Hall–Kier alpha value is -1.49. The number of nitrogens with two attached hydrogens (primary N) is 1. The molecule has 0 fully saturated rings. The van der Waals surface area contributed by atoms with E-state index in [1.165, 1.54) is 0 Å². The maximum Gasteiger partial charge on any atom is 0.145 e. The maximum absolute atomic E-state index is 9.21. The van der Waals surface area contributed by atoms with Crippen LogP contribution in [0.1, 0.15) is 0 Å². The molecule has 72 valence electrons. The van der Waals surface area contributed by atoms with Crippen LogP contribution in [0.4, 0.5) is 5.82 Å². The van der Waals surface area contributed by atoms with Crippen LogP contribution >= 0.6 is 15.9 Å². The summed E-state index contributed by atoms with van der Waals surface area (Å²) >= 11 is 3.34. The van der Waals surface area contributed by atoms with Gasteiger partial charge in [-0.05, 0) is 34.1 Å². The summed E-state index contributed by atoms with van der Waals surface area (Å²) in [6, 6.07) is 6.74. The van der Waals surface area contributed by atoms with Gasteiger partial charge in [0.2, 0.25) is 0 Å². The van der Waals surface area contributed by atoms with Crippen LogP contribution in [0.3, 0.4) is 0 Å². The number of halogens is 1. The van der Waals surface area contributed by atoms with Crippen LogP contribution in [0, 0.1) is 0 Å². The molecule has 4 N–H and O–H groups in total. The van der Waals surface area contributed by atoms with E-state index in [1.807, 2.05) is 0 Å². The summed E-state index contributed by atoms with van der Waals surface area (Å²) in [6.45, 7) is 0. The summed E-state index contributed by atoms with van der Waals surface area (Å²) in [6.07, 6.45) is 0. The molecule has 0 saturated heterocycles. The van der Waals surface area contributed by atoms with Crippen molar-refractivity contribution in [2.24, 2.45) is 0 Å². The van der Waals surface area contributed by atoms with Gasteiger partial charge in [-0.1, -0.05) is 0 Å². The quantitative estimate of drug-likeness (QED) is 0.729. The summed E-state index contributed by atoms with van der Waals surface area (Å²) in [5.41, 5.74) is 7.21. The molecular formula is C9H8BrN3O. The van der Waals surface area contributed by atoms with Gasteiger partial charge in [-0.25, -0.2) is 0 Å². The Morgan fingerprint density at radius 3 is 2.71 bits per heavy atom. The SMILES string of the molecule is Nc1cc(-c2ccc(O)cc2Br)[nH]n1. The Morgan fingerprint density at radius 2 is 2.14 bits per heavy atom. The van der Waals surface area contributed by atoms with E-state index >= 15 is 0 Å². The number of phenolic OH excluding ortho intramolecular Hbond substituents is 1. The average Bonchev–Trinajstić information content (AvgIpc) is 2.51. The van der Waals surface area contributed by atoms with Crippen LogP contribution in [0.15, 0.2) is 28.7 Å². The monoisotopic (exact) mass is 253 g/mol. The molecule has 1 aromatic carbocycles. The fourth-order valence-corrected chi connectivity index (χ4v) is 1.78. The highest BCUT2D eigenvalue weighted by atomic mass is 79.9. The van der Waals surface area contributed by atoms with Crippen molar-refractivity contribution in [3.63, 3.8) is 0 Å². The number of phenols is 1. The third-order valence-electron chi connectivity index (χ3n) is 1.84. The number of nitrogens with one attached hydrogen (secondary N) is 1. The molecule has 0 amide bonds. The molecule has 0 aliphatic rings. The van der Waals surface area contributed by atoms with Crippen LogP contribution < -0.4 is 5.73 Å². The van der Waals surface area contributed by atoms with Crippen molar-refractivity contribution >= 4 is 21.7 Å². The van der Waals surface area contributed by atoms with Crippen molar-refractivity contribution in [1.82, 2.24) is 10.2 Å². The largest absolute Gasteiger partial charge is 0.508 e. The Labute approximate surface area is 88.9 Å². The van der Waals surface area contributed by atoms with E-state index in [-0.39, 0.29) is 5.75 Å². The van der Waals surface area contributed by atoms with E-state index in [9.17, 15) is 5.11 Å². The maximum atomic E-state index is 9.21. The summed E-state index contributed by atoms with van der Waals surface area (Å²) in [4.78, 5) is 0. The van der Waals surface area contributed by atoms with E-state index in [2.05, 4.69) is 26.1 Å². The minimum Gasteiger partial charge on any atom is -0.508 e. The molecular weight excluding hydrogens is 246 g/mol. The summed E-state index contributed by atoms with van der Waals surface area (Å²) in [5.74, 6) is 0.660. The number of hydrogen-bond donors (Lipinski definition) is 3. The van der Waals surface area contributed by atoms with Crippen molar-refractivity contribution in [1.29, 1.82) is 0 Å². The van der Waals surface area contributed by atoms with Crippen LogP contribution in [0.2, 0.25) is 0 Å². The van der Waals surface area contributed by atoms with Gasteiger partial charge in [-0.3, -0.25) is 5.10 Å². The summed E-state index contributed by atoms with van der Waals surface area (Å²) in [5, 5.41) is 15.8. The van der Waals surface area contributed by atoms with Gasteiger partial charge in [0.25, 0.3) is 0 Å². The van der Waals surface area contributed by atoms with Crippen LogP contribution in [0.25, 0.3) is 11.3 Å². The minimum absolute atomic E-state index is 0.216. The number of aromatic hydroxyl groups is 1. The number of hydrogen-bond acceptors (Lipinski definition) is 3. The predicted molar refractivity (Wildman–Crippen MR) is 57.8 cm³/mol. The summed E-state index contributed by atoms with van der Waals surface area (Å²) in [7, 11) is 0. The zero-order valence-electron chi connectivity index (χ0n) is 7.16. The first kappa shape index (κ1) is 9.08. The molecule has 5 heteroatoms. The first-order chi connectivity index (χ1) is 6.66. The van der Waals surface area contributed by atoms with Gasteiger partial charge in [-0.15, -0.1) is 0 Å². The fraction of sp³-hybridized carbons (Fsp3) is 0. The van der Waals surface area contributed by atoms with Gasteiger partial charge in [0.1, 0.15) is 11.6 Å². The molecule has 0 atom stereocenters. The number of benzene rings is 1. The van der Waals surface area contributed by atoms with Crippen molar-refractivity contribution in [2.45, 2.75) is 0 Å². The minimum atomic E-state index is 0.216. The van der Waals surface area contributed by atoms with Gasteiger partial charge in [0.05, 0.1) is 5.69 Å². The normalized spacial score (nSPS) is 10.4. The van der Waals surface area contributed by atoms with E-state index in [1.54, 1.807) is 24.3 Å². The molecule has 2 aromatic rings. The lowest BCUT2D eigenvalue weighted by atomic mass is 10.1. The number of nitrogen functional groups attached to an aromatic ring is 1. The number of aromatic nitrogens is 2. The van der Waals surface area contributed by atoms with E-state index in [0.717, 1.165) is 15.7 Å². The zero-order chi connectivity index (χ0) is 10.1. The highest BCUT2D eigenvalue weighted by molar-refractivity contribution is 9.10. The molecule has 2 rings (SSSR count). The molecule has 0 aliphatic carbocycles. The van der Waals surface area contributed by atoms with Crippen molar-refractivity contribution in [3.05, 3.63) is 28.7 Å². The Morgan fingerprint density at radius 1 is 1.36 bits per heavy atom. The lowest BCUT2D eigenvalue weighted by Gasteiger charge is -2.01. The molecule has 4 nitrogen and oxygen atoms in total.